The van der Waals surface area contributed by atoms with Gasteiger partial charge in [0, 0.05) is 12.5 Å². The second-order valence-corrected chi connectivity index (χ2v) is 10.3. The number of hydrogen-bond acceptors (Lipinski definition) is 5. The summed E-state index contributed by atoms with van der Waals surface area (Å²) in [5.41, 5.74) is 7.07. The summed E-state index contributed by atoms with van der Waals surface area (Å²) >= 11 is 0. The molecule has 0 radical (unpaired) electrons. The van der Waals surface area contributed by atoms with E-state index in [1.165, 1.54) is 70.6 Å². The summed E-state index contributed by atoms with van der Waals surface area (Å²) in [5, 5.41) is 14.3. The number of nitrogens with one attached hydrogen (secondary N) is 3. The molecule has 4 N–H and O–H groups in total. The molecule has 0 aromatic carbocycles. The summed E-state index contributed by atoms with van der Waals surface area (Å²) in [7, 11) is 0. The molecule has 9 nitrogen and oxygen atoms in total. The summed E-state index contributed by atoms with van der Waals surface area (Å²) in [6.45, 7) is 7.31. The van der Waals surface area contributed by atoms with Crippen LogP contribution in [-0.4, -0.2) is 67.9 Å². The quantitative estimate of drug-likeness (QED) is 0.0777. The zero-order valence-corrected chi connectivity index (χ0v) is 28.0. The van der Waals surface area contributed by atoms with Crippen molar-refractivity contribution in [1.82, 2.24) is 10.6 Å². The first-order valence-corrected chi connectivity index (χ1v) is 15.3. The van der Waals surface area contributed by atoms with Crippen molar-refractivity contribution in [1.29, 1.82) is 0 Å². The standard InChI is InChI=1S/C20H39N2O3.C10H18NO3.W/c1-2-3-4-5-6-7-8-9-10-11-12-13-14-15-19(23)22-18(16-17-21)20(24)25;1-2-13-6-7-14-8-10(12)11-9-4-3-5-9;/h18,21H,2-17H2,1H3,(H,22,23)(H,24,25);9H,1-8H2,(H,11,12);/q2*-1;+2. The first kappa shape index (κ1) is 41.1. The van der Waals surface area contributed by atoms with E-state index in [9.17, 15) is 14.4 Å². The molecular formula is C30H57N3O6W. The van der Waals surface area contributed by atoms with E-state index in [2.05, 4.69) is 24.5 Å². The molecule has 0 saturated heterocycles. The summed E-state index contributed by atoms with van der Waals surface area (Å²) in [4.78, 5) is 33.8. The van der Waals surface area contributed by atoms with E-state index in [1.54, 1.807) is 0 Å². The third-order valence-electron chi connectivity index (χ3n) is 6.79. The number of aliphatic carboxylic acids is 1. The molecule has 1 unspecified atom stereocenters. The summed E-state index contributed by atoms with van der Waals surface area (Å²) in [5.74, 6) is -1.28. The number of amides is 2. The van der Waals surface area contributed by atoms with Crippen LogP contribution >= 0.6 is 0 Å². The van der Waals surface area contributed by atoms with E-state index < -0.39 is 12.0 Å². The largest absolute Gasteiger partial charge is 2.00 e. The molecule has 1 rings (SSSR count). The van der Waals surface area contributed by atoms with Gasteiger partial charge in [0.05, 0.1) is 13.2 Å². The minimum atomic E-state index is -1.05. The van der Waals surface area contributed by atoms with Crippen LogP contribution in [0.2, 0.25) is 0 Å². The van der Waals surface area contributed by atoms with Gasteiger partial charge < -0.3 is 37.9 Å². The monoisotopic (exact) mass is 739 g/mol. The molecule has 0 heterocycles. The molecule has 0 aromatic rings. The first-order chi connectivity index (χ1) is 18.9. The zero-order valence-electron chi connectivity index (χ0n) is 25.0. The maximum absolute atomic E-state index is 11.7. The number of rotatable bonds is 25. The number of carboxylic acids is 1. The van der Waals surface area contributed by atoms with E-state index in [-0.39, 0.29) is 52.5 Å². The molecule has 1 atom stereocenters. The number of carboxylic acid groups (broad SMARTS) is 1. The zero-order chi connectivity index (χ0) is 29.0. The van der Waals surface area contributed by atoms with Gasteiger partial charge >= 0.3 is 27.0 Å². The van der Waals surface area contributed by atoms with Crippen molar-refractivity contribution in [2.24, 2.45) is 0 Å². The fourth-order valence-electron chi connectivity index (χ4n) is 4.18. The molecule has 1 aliphatic rings. The normalized spacial score (nSPS) is 13.3. The molecule has 0 aliphatic heterocycles. The number of ether oxygens (including phenoxy) is 2. The Kier molecular flexibility index (Phi) is 31.8. The predicted molar refractivity (Wildman–Crippen MR) is 156 cm³/mol. The van der Waals surface area contributed by atoms with E-state index in [0.29, 0.717) is 32.3 Å². The Hall–Kier alpha value is -1.02. The third-order valence-corrected chi connectivity index (χ3v) is 6.79. The van der Waals surface area contributed by atoms with Crippen LogP contribution in [0.4, 0.5) is 0 Å². The Morgan fingerprint density at radius 1 is 0.875 bits per heavy atom. The van der Waals surface area contributed by atoms with Crippen molar-refractivity contribution in [2.45, 2.75) is 135 Å². The van der Waals surface area contributed by atoms with Gasteiger partial charge in [-0.2, -0.15) is 0 Å². The first-order valence-electron chi connectivity index (χ1n) is 15.3. The fraction of sp³-hybridized carbons (Fsp3) is 0.867. The maximum Gasteiger partial charge on any atom is 2.00 e. The van der Waals surface area contributed by atoms with Gasteiger partial charge in [-0.15, -0.1) is 6.54 Å². The second-order valence-electron chi connectivity index (χ2n) is 10.3. The smallest absolute Gasteiger partial charge is 0.677 e. The summed E-state index contributed by atoms with van der Waals surface area (Å²) in [6.07, 6.45) is 20.4. The van der Waals surface area contributed by atoms with Crippen LogP contribution in [0, 0.1) is 6.92 Å². The van der Waals surface area contributed by atoms with Crippen LogP contribution in [-0.2, 0) is 44.9 Å². The number of carbonyl (C=O) groups is 3. The molecule has 0 aromatic heterocycles. The average Bonchev–Trinajstić information content (AvgIpc) is 2.89. The van der Waals surface area contributed by atoms with Crippen LogP contribution in [0.1, 0.15) is 122 Å². The predicted octanol–water partition coefficient (Wildman–Crippen LogP) is 6.00. The van der Waals surface area contributed by atoms with Crippen LogP contribution in [0.5, 0.6) is 0 Å². The number of unbranched alkanes of at least 4 members (excludes halogenated alkanes) is 12. The second kappa shape index (κ2) is 30.9. The molecular weight excluding hydrogens is 682 g/mol. The Morgan fingerprint density at radius 2 is 1.40 bits per heavy atom. The Labute approximate surface area is 258 Å². The van der Waals surface area contributed by atoms with E-state index >= 15 is 0 Å². The summed E-state index contributed by atoms with van der Waals surface area (Å²) in [6, 6.07) is -0.519. The molecule has 0 bridgehead atoms. The number of carbonyl (C=O) groups excluding carboxylic acids is 2. The van der Waals surface area contributed by atoms with E-state index in [1.807, 2.05) is 0 Å². The van der Waals surface area contributed by atoms with Gasteiger partial charge in [0.1, 0.15) is 12.6 Å². The van der Waals surface area contributed by atoms with Crippen molar-refractivity contribution in [3.05, 3.63) is 12.7 Å². The van der Waals surface area contributed by atoms with Crippen LogP contribution in [0.3, 0.4) is 0 Å². The van der Waals surface area contributed by atoms with Crippen molar-refractivity contribution in [2.75, 3.05) is 33.0 Å². The molecule has 1 fully saturated rings. The van der Waals surface area contributed by atoms with Crippen molar-refractivity contribution < 1.29 is 50.0 Å². The van der Waals surface area contributed by atoms with Gasteiger partial charge in [0.2, 0.25) is 11.8 Å². The minimum Gasteiger partial charge on any atom is -0.677 e. The van der Waals surface area contributed by atoms with Gasteiger partial charge in [-0.3, -0.25) is 9.59 Å². The van der Waals surface area contributed by atoms with Gasteiger partial charge in [0.15, 0.2) is 0 Å². The topological polar surface area (TPSA) is 138 Å². The Bertz CT molecular complexity index is 608. The third kappa shape index (κ3) is 27.2. The molecule has 234 valence electrons. The maximum atomic E-state index is 11.7. The van der Waals surface area contributed by atoms with Crippen LogP contribution in [0.15, 0.2) is 0 Å². The van der Waals surface area contributed by atoms with Crippen molar-refractivity contribution in [3.8, 4) is 0 Å². The Morgan fingerprint density at radius 3 is 1.85 bits per heavy atom. The van der Waals surface area contributed by atoms with Gasteiger partial charge in [-0.05, 0) is 32.1 Å². The molecule has 1 aliphatic carbocycles. The Balaban J connectivity index is 0. The summed E-state index contributed by atoms with van der Waals surface area (Å²) < 4.78 is 10.1. The molecule has 1 saturated carbocycles. The minimum absolute atomic E-state index is 0. The van der Waals surface area contributed by atoms with Gasteiger partial charge in [-0.1, -0.05) is 90.6 Å². The van der Waals surface area contributed by atoms with E-state index in [0.717, 1.165) is 32.1 Å². The van der Waals surface area contributed by atoms with Crippen molar-refractivity contribution >= 4 is 17.8 Å². The molecule has 40 heavy (non-hydrogen) atoms. The van der Waals surface area contributed by atoms with E-state index in [4.69, 9.17) is 20.3 Å². The SMILES string of the molecule is CCCCCCCCCCCCCCCC(=O)NC(CC[NH-])C(=O)O.[CH2-]COCCOCC(=O)NC1CCC1.[W+2]. The molecule has 2 amide bonds. The number of hydrogen-bond donors (Lipinski definition) is 3. The average molecular weight is 740 g/mol. The van der Waals surface area contributed by atoms with Gasteiger partial charge in [-0.25, -0.2) is 4.79 Å². The van der Waals surface area contributed by atoms with Crippen molar-refractivity contribution in [3.63, 3.8) is 0 Å². The van der Waals surface area contributed by atoms with Crippen LogP contribution in [0.25, 0.3) is 5.73 Å². The van der Waals surface area contributed by atoms with Crippen LogP contribution < -0.4 is 10.6 Å². The van der Waals surface area contributed by atoms with Gasteiger partial charge in [0.25, 0.3) is 0 Å². The fourth-order valence-corrected chi connectivity index (χ4v) is 4.18. The molecule has 0 spiro atoms. The molecule has 10 heteroatoms.